The van der Waals surface area contributed by atoms with Crippen molar-refractivity contribution in [3.8, 4) is 0 Å². The summed E-state index contributed by atoms with van der Waals surface area (Å²) in [7, 11) is 0. The Labute approximate surface area is 125 Å². The topological polar surface area (TPSA) is 29.1 Å². The normalized spacial score (nSPS) is 23.1. The summed E-state index contributed by atoms with van der Waals surface area (Å²) in [6.45, 7) is 1.97. The van der Waals surface area contributed by atoms with Gasteiger partial charge in [-0.2, -0.15) is 0 Å². The van der Waals surface area contributed by atoms with Gasteiger partial charge >= 0.3 is 0 Å². The molecule has 2 rings (SSSR count). The Kier molecular flexibility index (Phi) is 4.84. The number of halogens is 2. The number of hydrogen-bond donors (Lipinski definition) is 1. The summed E-state index contributed by atoms with van der Waals surface area (Å²) < 4.78 is 1.01. The smallest absolute Gasteiger partial charge is 0.251 e. The predicted molar refractivity (Wildman–Crippen MR) is 81.3 cm³/mol. The highest BCUT2D eigenvalue weighted by molar-refractivity contribution is 9.10. The molecule has 2 unspecified atom stereocenters. The minimum absolute atomic E-state index is 0.0536. The molecular weight excluding hydrogens is 358 g/mol. The van der Waals surface area contributed by atoms with Gasteiger partial charge in [-0.1, -0.05) is 38.3 Å². The second-order valence-corrected chi connectivity index (χ2v) is 6.45. The van der Waals surface area contributed by atoms with Gasteiger partial charge in [0.15, 0.2) is 0 Å². The monoisotopic (exact) mass is 373 g/mol. The first-order chi connectivity index (χ1) is 8.61. The van der Waals surface area contributed by atoms with E-state index in [4.69, 9.17) is 0 Å². The summed E-state index contributed by atoms with van der Waals surface area (Å²) in [6, 6.07) is 6.09. The van der Waals surface area contributed by atoms with E-state index in [0.717, 1.165) is 27.4 Å². The van der Waals surface area contributed by atoms with E-state index in [1.807, 2.05) is 25.1 Å². The molecule has 0 aliphatic heterocycles. The highest BCUT2D eigenvalue weighted by Gasteiger charge is 2.28. The van der Waals surface area contributed by atoms with Crippen molar-refractivity contribution in [2.75, 3.05) is 5.33 Å². The maximum Gasteiger partial charge on any atom is 0.251 e. The van der Waals surface area contributed by atoms with Crippen LogP contribution >= 0.6 is 31.9 Å². The van der Waals surface area contributed by atoms with Crippen LogP contribution in [-0.4, -0.2) is 17.3 Å². The van der Waals surface area contributed by atoms with E-state index >= 15 is 0 Å². The first kappa shape index (κ1) is 14.1. The van der Waals surface area contributed by atoms with Gasteiger partial charge in [0.25, 0.3) is 5.91 Å². The number of nitrogens with one attached hydrogen (secondary N) is 1. The van der Waals surface area contributed by atoms with Crippen LogP contribution in [-0.2, 0) is 0 Å². The van der Waals surface area contributed by atoms with Crippen molar-refractivity contribution in [2.45, 2.75) is 32.2 Å². The SMILES string of the molecule is Cc1cc(Br)ccc1C(=O)NC1CCCC1CBr. The van der Waals surface area contributed by atoms with Crippen LogP contribution in [0.25, 0.3) is 0 Å². The second kappa shape index (κ2) is 6.20. The van der Waals surface area contributed by atoms with Gasteiger partial charge < -0.3 is 5.32 Å². The average Bonchev–Trinajstić information content (AvgIpc) is 2.76. The van der Waals surface area contributed by atoms with Gasteiger partial charge in [0.1, 0.15) is 0 Å². The molecular formula is C14H17Br2NO. The van der Waals surface area contributed by atoms with E-state index in [2.05, 4.69) is 37.2 Å². The van der Waals surface area contributed by atoms with Crippen LogP contribution in [0.4, 0.5) is 0 Å². The molecule has 0 radical (unpaired) electrons. The molecule has 0 bridgehead atoms. The predicted octanol–water partition coefficient (Wildman–Crippen LogP) is 4.05. The van der Waals surface area contributed by atoms with E-state index in [0.29, 0.717) is 12.0 Å². The lowest BCUT2D eigenvalue weighted by Crippen LogP contribution is -2.38. The second-order valence-electron chi connectivity index (χ2n) is 4.88. The van der Waals surface area contributed by atoms with E-state index in [1.165, 1.54) is 12.8 Å². The fourth-order valence-electron chi connectivity index (χ4n) is 2.54. The zero-order valence-electron chi connectivity index (χ0n) is 10.4. The molecule has 4 heteroatoms. The van der Waals surface area contributed by atoms with Gasteiger partial charge in [-0.05, 0) is 49.4 Å². The molecule has 0 heterocycles. The Hall–Kier alpha value is -0.350. The molecule has 1 amide bonds. The molecule has 18 heavy (non-hydrogen) atoms. The lowest BCUT2D eigenvalue weighted by molar-refractivity contribution is 0.0929. The summed E-state index contributed by atoms with van der Waals surface area (Å²) in [6.07, 6.45) is 3.51. The minimum atomic E-state index is 0.0536. The number of carbonyl (C=O) groups excluding carboxylic acids is 1. The van der Waals surface area contributed by atoms with Crippen molar-refractivity contribution in [2.24, 2.45) is 5.92 Å². The van der Waals surface area contributed by atoms with Gasteiger partial charge in [-0.25, -0.2) is 0 Å². The van der Waals surface area contributed by atoms with Crippen LogP contribution in [0.5, 0.6) is 0 Å². The number of hydrogen-bond acceptors (Lipinski definition) is 1. The Bertz CT molecular complexity index is 447. The Morgan fingerprint density at radius 2 is 2.22 bits per heavy atom. The van der Waals surface area contributed by atoms with Crippen LogP contribution in [0.1, 0.15) is 35.2 Å². The maximum absolute atomic E-state index is 12.3. The van der Waals surface area contributed by atoms with Crippen molar-refractivity contribution in [1.29, 1.82) is 0 Å². The third-order valence-corrected chi connectivity index (χ3v) is 4.93. The molecule has 98 valence electrons. The number of benzene rings is 1. The van der Waals surface area contributed by atoms with Gasteiger partial charge in [0.2, 0.25) is 0 Å². The molecule has 2 nitrogen and oxygen atoms in total. The molecule has 1 aromatic rings. The third-order valence-electron chi connectivity index (χ3n) is 3.61. The standard InChI is InChI=1S/C14H17Br2NO/c1-9-7-11(16)5-6-12(9)14(18)17-13-4-2-3-10(13)8-15/h5-7,10,13H,2-4,8H2,1H3,(H,17,18). The van der Waals surface area contributed by atoms with Crippen molar-refractivity contribution in [3.05, 3.63) is 33.8 Å². The van der Waals surface area contributed by atoms with E-state index in [-0.39, 0.29) is 5.91 Å². The molecule has 0 spiro atoms. The number of amides is 1. The van der Waals surface area contributed by atoms with Gasteiger partial charge in [-0.15, -0.1) is 0 Å². The molecule has 1 saturated carbocycles. The number of rotatable bonds is 3. The van der Waals surface area contributed by atoms with Gasteiger partial charge in [0.05, 0.1) is 0 Å². The fourth-order valence-corrected chi connectivity index (χ4v) is 3.79. The van der Waals surface area contributed by atoms with Crippen molar-refractivity contribution >= 4 is 37.8 Å². The highest BCUT2D eigenvalue weighted by atomic mass is 79.9. The van der Waals surface area contributed by atoms with E-state index < -0.39 is 0 Å². The lowest BCUT2D eigenvalue weighted by atomic mass is 10.0. The zero-order valence-corrected chi connectivity index (χ0v) is 13.6. The minimum Gasteiger partial charge on any atom is -0.349 e. The molecule has 0 aromatic heterocycles. The molecule has 1 aromatic carbocycles. The maximum atomic E-state index is 12.3. The number of aryl methyl sites for hydroxylation is 1. The number of alkyl halides is 1. The largest absolute Gasteiger partial charge is 0.349 e. The van der Waals surface area contributed by atoms with Crippen molar-refractivity contribution in [1.82, 2.24) is 5.32 Å². The molecule has 1 fully saturated rings. The van der Waals surface area contributed by atoms with Crippen LogP contribution < -0.4 is 5.32 Å². The first-order valence-corrected chi connectivity index (χ1v) is 8.16. The Morgan fingerprint density at radius 1 is 1.44 bits per heavy atom. The summed E-state index contributed by atoms with van der Waals surface area (Å²) in [5, 5.41) is 4.14. The summed E-state index contributed by atoms with van der Waals surface area (Å²) in [5.41, 5.74) is 1.79. The van der Waals surface area contributed by atoms with Crippen molar-refractivity contribution < 1.29 is 4.79 Å². The first-order valence-electron chi connectivity index (χ1n) is 6.25. The quantitative estimate of drug-likeness (QED) is 0.794. The van der Waals surface area contributed by atoms with E-state index in [1.54, 1.807) is 0 Å². The van der Waals surface area contributed by atoms with Gasteiger partial charge in [0, 0.05) is 21.4 Å². The average molecular weight is 375 g/mol. The molecule has 0 saturated heterocycles. The summed E-state index contributed by atoms with van der Waals surface area (Å²) in [4.78, 5) is 12.3. The third kappa shape index (κ3) is 3.15. The van der Waals surface area contributed by atoms with Crippen LogP contribution in [0.2, 0.25) is 0 Å². The van der Waals surface area contributed by atoms with Crippen LogP contribution in [0.15, 0.2) is 22.7 Å². The summed E-state index contributed by atoms with van der Waals surface area (Å²) in [5.74, 6) is 0.627. The fraction of sp³-hybridized carbons (Fsp3) is 0.500. The molecule has 1 aliphatic carbocycles. The molecule has 2 atom stereocenters. The lowest BCUT2D eigenvalue weighted by Gasteiger charge is -2.19. The highest BCUT2D eigenvalue weighted by Crippen LogP contribution is 2.27. The molecule has 1 N–H and O–H groups in total. The zero-order chi connectivity index (χ0) is 13.1. The Morgan fingerprint density at radius 3 is 2.89 bits per heavy atom. The Balaban J connectivity index is 2.07. The van der Waals surface area contributed by atoms with E-state index in [9.17, 15) is 4.79 Å². The summed E-state index contributed by atoms with van der Waals surface area (Å²) >= 11 is 6.95. The van der Waals surface area contributed by atoms with Crippen LogP contribution in [0, 0.1) is 12.8 Å². The number of carbonyl (C=O) groups is 1. The van der Waals surface area contributed by atoms with Crippen LogP contribution in [0.3, 0.4) is 0 Å². The van der Waals surface area contributed by atoms with Crippen molar-refractivity contribution in [3.63, 3.8) is 0 Å². The molecule has 1 aliphatic rings. The van der Waals surface area contributed by atoms with Gasteiger partial charge in [-0.3, -0.25) is 4.79 Å².